The van der Waals surface area contributed by atoms with Crippen molar-refractivity contribution in [1.29, 1.82) is 0 Å². The Kier molecular flexibility index (Phi) is 7.89. The van der Waals surface area contributed by atoms with Gasteiger partial charge in [0.2, 0.25) is 5.88 Å². The minimum absolute atomic E-state index is 0.0522. The summed E-state index contributed by atoms with van der Waals surface area (Å²) in [6.07, 6.45) is -2.19. The minimum atomic E-state index is -4.59. The maximum atomic E-state index is 13.4. The number of methoxy groups -OCH3 is 1. The molecule has 0 radical (unpaired) electrons. The van der Waals surface area contributed by atoms with E-state index >= 15 is 0 Å². The lowest BCUT2D eigenvalue weighted by atomic mass is 10.1. The molecule has 2 aromatic heterocycles. The quantitative estimate of drug-likeness (QED) is 0.0811. The van der Waals surface area contributed by atoms with Gasteiger partial charge in [-0.05, 0) is 64.6 Å². The molecule has 0 aliphatic heterocycles. The van der Waals surface area contributed by atoms with Crippen molar-refractivity contribution in [2.45, 2.75) is 6.18 Å². The van der Waals surface area contributed by atoms with Crippen LogP contribution in [0.1, 0.15) is 11.1 Å². The first-order chi connectivity index (χ1) is 20.0. The molecule has 0 fully saturated rings. The van der Waals surface area contributed by atoms with E-state index in [1.807, 2.05) is 22.6 Å². The monoisotopic (exact) mass is 687 g/mol. The zero-order valence-corrected chi connectivity index (χ0v) is 23.5. The van der Waals surface area contributed by atoms with Crippen LogP contribution < -0.4 is 15.0 Å². The molecule has 42 heavy (non-hydrogen) atoms. The maximum Gasteiger partial charge on any atom is 0.416 e. The Balaban J connectivity index is 1.56. The summed E-state index contributed by atoms with van der Waals surface area (Å²) in [4.78, 5) is 32.1. The molecule has 5 aromatic rings. The van der Waals surface area contributed by atoms with E-state index < -0.39 is 22.2 Å². The number of hydrogen-bond donors (Lipinski definition) is 0. The van der Waals surface area contributed by atoms with Crippen molar-refractivity contribution in [3.05, 3.63) is 114 Å². The lowest BCUT2D eigenvalue weighted by Crippen LogP contribution is -2.20. The van der Waals surface area contributed by atoms with Gasteiger partial charge in [0.25, 0.3) is 11.2 Å². The molecule has 0 saturated carbocycles. The number of para-hydroxylation sites is 1. The molecular formula is C28H17F3IN5O5. The number of aromatic nitrogens is 3. The number of ether oxygens (including phenoxy) is 2. The summed E-state index contributed by atoms with van der Waals surface area (Å²) in [7, 11) is 1.41. The normalized spacial score (nSPS) is 11.6. The third kappa shape index (κ3) is 5.93. The van der Waals surface area contributed by atoms with Gasteiger partial charge >= 0.3 is 6.18 Å². The van der Waals surface area contributed by atoms with E-state index in [0.717, 1.165) is 23.0 Å². The Labute approximate surface area is 248 Å². The van der Waals surface area contributed by atoms with Crippen molar-refractivity contribution in [2.24, 2.45) is 5.10 Å². The van der Waals surface area contributed by atoms with Gasteiger partial charge in [-0.2, -0.15) is 22.9 Å². The molecule has 0 atom stereocenters. The van der Waals surface area contributed by atoms with Gasteiger partial charge in [0.05, 0.1) is 38.3 Å². The second-order valence-electron chi connectivity index (χ2n) is 8.64. The van der Waals surface area contributed by atoms with E-state index in [0.29, 0.717) is 14.7 Å². The van der Waals surface area contributed by atoms with Gasteiger partial charge in [-0.25, -0.2) is 9.97 Å². The second-order valence-corrected chi connectivity index (χ2v) is 9.80. The van der Waals surface area contributed by atoms with Crippen molar-refractivity contribution >= 4 is 45.4 Å². The van der Waals surface area contributed by atoms with Gasteiger partial charge in [-0.3, -0.25) is 14.9 Å². The molecule has 3 aromatic carbocycles. The van der Waals surface area contributed by atoms with E-state index in [-0.39, 0.29) is 39.8 Å². The van der Waals surface area contributed by atoms with Crippen LogP contribution in [-0.2, 0) is 6.18 Å². The highest BCUT2D eigenvalue weighted by atomic mass is 127. The van der Waals surface area contributed by atoms with Crippen LogP contribution in [0.2, 0.25) is 0 Å². The number of rotatable bonds is 7. The number of hydrogen-bond acceptors (Lipinski definition) is 8. The Morgan fingerprint density at radius 2 is 1.86 bits per heavy atom. The number of pyridine rings is 1. The Bertz CT molecular complexity index is 1910. The van der Waals surface area contributed by atoms with Crippen molar-refractivity contribution < 1.29 is 27.6 Å². The van der Waals surface area contributed by atoms with Crippen molar-refractivity contribution in [3.8, 4) is 28.8 Å². The highest BCUT2D eigenvalue weighted by Gasteiger charge is 2.31. The summed E-state index contributed by atoms with van der Waals surface area (Å²) in [5.74, 6) is 0.570. The number of nitro groups is 1. The van der Waals surface area contributed by atoms with E-state index in [9.17, 15) is 28.1 Å². The van der Waals surface area contributed by atoms with Crippen LogP contribution in [-0.4, -0.2) is 32.9 Å². The molecule has 10 nitrogen and oxygen atoms in total. The average Bonchev–Trinajstić information content (AvgIpc) is 2.97. The molecule has 0 amide bonds. The van der Waals surface area contributed by atoms with Crippen LogP contribution in [0.3, 0.4) is 0 Å². The highest BCUT2D eigenvalue weighted by molar-refractivity contribution is 14.1. The smallest absolute Gasteiger partial charge is 0.416 e. The lowest BCUT2D eigenvalue weighted by Gasteiger charge is -2.13. The predicted molar refractivity (Wildman–Crippen MR) is 156 cm³/mol. The van der Waals surface area contributed by atoms with Gasteiger partial charge < -0.3 is 9.47 Å². The summed E-state index contributed by atoms with van der Waals surface area (Å²) in [5, 5.41) is 15.4. The van der Waals surface area contributed by atoms with Crippen molar-refractivity contribution in [2.75, 3.05) is 7.11 Å². The molecular weight excluding hydrogens is 670 g/mol. The molecule has 0 spiro atoms. The number of fused-ring (bicyclic) bond motifs is 1. The van der Waals surface area contributed by atoms with Crippen LogP contribution in [0.25, 0.3) is 22.3 Å². The van der Waals surface area contributed by atoms with Gasteiger partial charge in [0.15, 0.2) is 17.3 Å². The average molecular weight is 687 g/mol. The lowest BCUT2D eigenvalue weighted by molar-refractivity contribution is -0.385. The topological polar surface area (TPSA) is 122 Å². The number of alkyl halides is 3. The Morgan fingerprint density at radius 1 is 1.07 bits per heavy atom. The second kappa shape index (κ2) is 11.6. The molecule has 212 valence electrons. The van der Waals surface area contributed by atoms with Gasteiger partial charge in [-0.1, -0.05) is 24.3 Å². The van der Waals surface area contributed by atoms with Gasteiger partial charge in [0, 0.05) is 17.7 Å². The van der Waals surface area contributed by atoms with E-state index in [4.69, 9.17) is 9.47 Å². The fourth-order valence-electron chi connectivity index (χ4n) is 3.94. The Morgan fingerprint density at radius 3 is 2.55 bits per heavy atom. The van der Waals surface area contributed by atoms with Crippen molar-refractivity contribution in [3.63, 3.8) is 0 Å². The predicted octanol–water partition coefficient (Wildman–Crippen LogP) is 6.67. The minimum Gasteiger partial charge on any atom is -0.493 e. The van der Waals surface area contributed by atoms with Crippen LogP contribution >= 0.6 is 22.6 Å². The molecule has 0 unspecified atom stereocenters. The molecule has 14 heteroatoms. The first-order valence-corrected chi connectivity index (χ1v) is 13.0. The number of halogens is 4. The molecule has 0 bridgehead atoms. The van der Waals surface area contributed by atoms with Crippen LogP contribution in [0, 0.1) is 13.7 Å². The molecule has 0 N–H and O–H groups in total. The zero-order valence-electron chi connectivity index (χ0n) is 21.4. The largest absolute Gasteiger partial charge is 0.493 e. The zero-order chi connectivity index (χ0) is 30.0. The van der Waals surface area contributed by atoms with E-state index in [2.05, 4.69) is 15.1 Å². The molecule has 5 rings (SSSR count). The summed E-state index contributed by atoms with van der Waals surface area (Å²) >= 11 is 1.99. The first-order valence-electron chi connectivity index (χ1n) is 11.9. The molecule has 0 aliphatic carbocycles. The van der Waals surface area contributed by atoms with Gasteiger partial charge in [0.1, 0.15) is 6.20 Å². The van der Waals surface area contributed by atoms with Crippen LogP contribution in [0.15, 0.2) is 88.9 Å². The van der Waals surface area contributed by atoms with Crippen LogP contribution in [0.5, 0.6) is 17.4 Å². The first kappa shape index (κ1) is 28.7. The summed E-state index contributed by atoms with van der Waals surface area (Å²) in [5.41, 5.74) is -0.838. The SMILES string of the molecule is COc1cc(C=Nn2c(-c3cccc(C(F)(F)F)c3)nc3ccccc3c2=O)cc(I)c1Oc1ccc([N+](=O)[O-])cn1. The van der Waals surface area contributed by atoms with E-state index in [1.165, 1.54) is 37.6 Å². The third-order valence-corrected chi connectivity index (χ3v) is 6.72. The van der Waals surface area contributed by atoms with E-state index in [1.54, 1.807) is 36.4 Å². The maximum absolute atomic E-state index is 13.4. The summed E-state index contributed by atoms with van der Waals surface area (Å²) in [6.45, 7) is 0. The fourth-order valence-corrected chi connectivity index (χ4v) is 4.67. The molecule has 2 heterocycles. The number of benzene rings is 3. The highest BCUT2D eigenvalue weighted by Crippen LogP contribution is 2.37. The Hall–Kier alpha value is -4.86. The fraction of sp³-hybridized carbons (Fsp3) is 0.0714. The molecule has 0 aliphatic rings. The third-order valence-electron chi connectivity index (χ3n) is 5.91. The molecule has 0 saturated heterocycles. The number of nitrogens with zero attached hydrogens (tertiary/aromatic N) is 5. The van der Waals surface area contributed by atoms with Crippen molar-refractivity contribution in [1.82, 2.24) is 14.6 Å². The summed E-state index contributed by atoms with van der Waals surface area (Å²) in [6, 6.07) is 16.8. The standard InChI is InChI=1S/C28H17F3IN5O5/c1-41-23-12-16(11-21(32)25(23)42-24-10-9-19(15-33-24)37(39)40)14-34-36-26(17-5-4-6-18(13-17)28(29,30)31)35-22-8-3-2-7-20(22)27(36)38/h2-15H,1H3. The van der Waals surface area contributed by atoms with Crippen LogP contribution in [0.4, 0.5) is 18.9 Å². The summed E-state index contributed by atoms with van der Waals surface area (Å²) < 4.78 is 53.1. The van der Waals surface area contributed by atoms with Gasteiger partial charge in [-0.15, -0.1) is 0 Å².